The van der Waals surface area contributed by atoms with Crippen LogP contribution in [0.2, 0.25) is 0 Å². The van der Waals surface area contributed by atoms with Crippen molar-refractivity contribution in [2.24, 2.45) is 0 Å². The third-order valence-corrected chi connectivity index (χ3v) is 3.18. The minimum absolute atomic E-state index is 0.0859. The number of halogens is 2. The Balaban J connectivity index is 2.21. The molecule has 0 aliphatic heterocycles. The summed E-state index contributed by atoms with van der Waals surface area (Å²) in [4.78, 5) is 0. The molecule has 4 heteroatoms. The Morgan fingerprint density at radius 3 is 2.40 bits per heavy atom. The number of anilines is 1. The fraction of sp³-hybridized carbons (Fsp3) is 0.250. The highest BCUT2D eigenvalue weighted by atomic mass is 19.1. The lowest BCUT2D eigenvalue weighted by Crippen LogP contribution is -2.11. The second-order valence-electron chi connectivity index (χ2n) is 4.50. The monoisotopic (exact) mass is 277 g/mol. The number of nitrogens with one attached hydrogen (secondary N) is 1. The number of ether oxygens (including phenoxy) is 1. The highest BCUT2D eigenvalue weighted by Crippen LogP contribution is 2.26. The Morgan fingerprint density at radius 1 is 1.10 bits per heavy atom. The van der Waals surface area contributed by atoms with Crippen LogP contribution in [0.25, 0.3) is 0 Å². The zero-order valence-electron chi connectivity index (χ0n) is 11.5. The van der Waals surface area contributed by atoms with E-state index in [-0.39, 0.29) is 11.7 Å². The molecule has 0 heterocycles. The van der Waals surface area contributed by atoms with Gasteiger partial charge in [0.25, 0.3) is 0 Å². The molecule has 106 valence electrons. The lowest BCUT2D eigenvalue weighted by molar-refractivity contribution is 0.414. The average molecular weight is 277 g/mol. The second-order valence-corrected chi connectivity index (χ2v) is 4.50. The van der Waals surface area contributed by atoms with E-state index in [2.05, 4.69) is 5.32 Å². The van der Waals surface area contributed by atoms with Gasteiger partial charge < -0.3 is 10.1 Å². The van der Waals surface area contributed by atoms with Crippen LogP contribution in [0.1, 0.15) is 24.9 Å². The van der Waals surface area contributed by atoms with Crippen molar-refractivity contribution in [3.05, 3.63) is 59.7 Å². The zero-order chi connectivity index (χ0) is 14.5. The van der Waals surface area contributed by atoms with Crippen molar-refractivity contribution in [2.45, 2.75) is 19.4 Å². The van der Waals surface area contributed by atoms with E-state index in [4.69, 9.17) is 4.74 Å². The standard InChI is InChI=1S/C16H17F2NO/c1-3-15(11-4-7-13(20-2)8-5-11)19-16-10-12(17)6-9-14(16)18/h4-10,15,19H,3H2,1-2H3. The molecule has 2 rings (SSSR count). The van der Waals surface area contributed by atoms with E-state index in [1.54, 1.807) is 7.11 Å². The topological polar surface area (TPSA) is 21.3 Å². The van der Waals surface area contributed by atoms with Crippen LogP contribution in [0.15, 0.2) is 42.5 Å². The molecule has 0 fully saturated rings. The SMILES string of the molecule is CCC(Nc1cc(F)ccc1F)c1ccc(OC)cc1. The van der Waals surface area contributed by atoms with Gasteiger partial charge in [-0.1, -0.05) is 19.1 Å². The maximum atomic E-state index is 13.7. The summed E-state index contributed by atoms with van der Waals surface area (Å²) in [6.45, 7) is 1.99. The van der Waals surface area contributed by atoms with Gasteiger partial charge in [-0.25, -0.2) is 8.78 Å². The van der Waals surface area contributed by atoms with Crippen LogP contribution in [-0.4, -0.2) is 7.11 Å². The third kappa shape index (κ3) is 3.26. The van der Waals surface area contributed by atoms with Gasteiger partial charge in [0.2, 0.25) is 0 Å². The Bertz CT molecular complexity index is 569. The van der Waals surface area contributed by atoms with E-state index >= 15 is 0 Å². The molecule has 0 aliphatic rings. The van der Waals surface area contributed by atoms with Crippen molar-refractivity contribution in [3.8, 4) is 5.75 Å². The van der Waals surface area contributed by atoms with Gasteiger partial charge in [0, 0.05) is 0 Å². The van der Waals surface area contributed by atoms with Crippen LogP contribution in [0.5, 0.6) is 5.75 Å². The molecular formula is C16H17F2NO. The third-order valence-electron chi connectivity index (χ3n) is 3.18. The van der Waals surface area contributed by atoms with E-state index in [1.807, 2.05) is 31.2 Å². The van der Waals surface area contributed by atoms with Gasteiger partial charge >= 0.3 is 0 Å². The number of benzene rings is 2. The largest absolute Gasteiger partial charge is 0.497 e. The molecule has 2 nitrogen and oxygen atoms in total. The first-order valence-electron chi connectivity index (χ1n) is 6.49. The zero-order valence-corrected chi connectivity index (χ0v) is 11.5. The second kappa shape index (κ2) is 6.37. The van der Waals surface area contributed by atoms with Crippen LogP contribution >= 0.6 is 0 Å². The van der Waals surface area contributed by atoms with Crippen LogP contribution in [-0.2, 0) is 0 Å². The minimum atomic E-state index is -0.460. The van der Waals surface area contributed by atoms with Crippen molar-refractivity contribution < 1.29 is 13.5 Å². The molecule has 2 aromatic carbocycles. The summed E-state index contributed by atoms with van der Waals surface area (Å²) < 4.78 is 31.9. The van der Waals surface area contributed by atoms with Crippen LogP contribution in [0.3, 0.4) is 0 Å². The lowest BCUT2D eigenvalue weighted by atomic mass is 10.0. The van der Waals surface area contributed by atoms with E-state index in [9.17, 15) is 8.78 Å². The van der Waals surface area contributed by atoms with Gasteiger partial charge in [0.1, 0.15) is 17.4 Å². The normalized spacial score (nSPS) is 12.0. The van der Waals surface area contributed by atoms with E-state index in [0.717, 1.165) is 29.9 Å². The molecule has 0 bridgehead atoms. The number of hydrogen-bond acceptors (Lipinski definition) is 2. The molecule has 20 heavy (non-hydrogen) atoms. The van der Waals surface area contributed by atoms with Crippen LogP contribution in [0, 0.1) is 11.6 Å². The molecule has 0 saturated carbocycles. The Morgan fingerprint density at radius 2 is 1.80 bits per heavy atom. The van der Waals surface area contributed by atoms with Gasteiger partial charge in [-0.2, -0.15) is 0 Å². The van der Waals surface area contributed by atoms with Crippen LogP contribution < -0.4 is 10.1 Å². The quantitative estimate of drug-likeness (QED) is 0.866. The predicted octanol–water partition coefficient (Wildman–Crippen LogP) is 4.54. The van der Waals surface area contributed by atoms with Gasteiger partial charge in [-0.15, -0.1) is 0 Å². The van der Waals surface area contributed by atoms with Crippen LogP contribution in [0.4, 0.5) is 14.5 Å². The molecule has 0 aromatic heterocycles. The van der Waals surface area contributed by atoms with Gasteiger partial charge in [0.05, 0.1) is 18.8 Å². The molecular weight excluding hydrogens is 260 g/mol. The highest BCUT2D eigenvalue weighted by molar-refractivity contribution is 5.47. The molecule has 0 saturated heterocycles. The highest BCUT2D eigenvalue weighted by Gasteiger charge is 2.12. The summed E-state index contributed by atoms with van der Waals surface area (Å²) in [6.07, 6.45) is 0.752. The Labute approximate surface area is 117 Å². The summed E-state index contributed by atoms with van der Waals surface area (Å²) in [7, 11) is 1.60. The summed E-state index contributed by atoms with van der Waals surface area (Å²) in [5, 5.41) is 3.04. The molecule has 0 amide bonds. The van der Waals surface area contributed by atoms with E-state index in [0.29, 0.717) is 0 Å². The Kier molecular flexibility index (Phi) is 4.56. The summed E-state index contributed by atoms with van der Waals surface area (Å²) >= 11 is 0. The molecule has 1 atom stereocenters. The lowest BCUT2D eigenvalue weighted by Gasteiger charge is -2.19. The van der Waals surface area contributed by atoms with E-state index in [1.165, 1.54) is 6.07 Å². The predicted molar refractivity (Wildman–Crippen MR) is 76.0 cm³/mol. The Hall–Kier alpha value is -2.10. The molecule has 0 spiro atoms. The van der Waals surface area contributed by atoms with Crippen molar-refractivity contribution in [1.29, 1.82) is 0 Å². The molecule has 2 aromatic rings. The van der Waals surface area contributed by atoms with Gasteiger partial charge in [-0.05, 0) is 42.3 Å². The van der Waals surface area contributed by atoms with Gasteiger partial charge in [-0.3, -0.25) is 0 Å². The van der Waals surface area contributed by atoms with Crippen molar-refractivity contribution in [3.63, 3.8) is 0 Å². The molecule has 0 aliphatic carbocycles. The fourth-order valence-corrected chi connectivity index (χ4v) is 2.05. The van der Waals surface area contributed by atoms with Crippen molar-refractivity contribution >= 4 is 5.69 Å². The number of rotatable bonds is 5. The first-order chi connectivity index (χ1) is 9.63. The summed E-state index contributed by atoms with van der Waals surface area (Å²) in [6, 6.07) is 10.8. The number of hydrogen-bond donors (Lipinski definition) is 1. The average Bonchev–Trinajstić information content (AvgIpc) is 2.48. The van der Waals surface area contributed by atoms with Crippen molar-refractivity contribution in [2.75, 3.05) is 12.4 Å². The smallest absolute Gasteiger partial charge is 0.146 e. The summed E-state index contributed by atoms with van der Waals surface area (Å²) in [5.41, 5.74) is 1.17. The molecule has 0 radical (unpaired) electrons. The minimum Gasteiger partial charge on any atom is -0.497 e. The van der Waals surface area contributed by atoms with E-state index < -0.39 is 11.6 Å². The maximum absolute atomic E-state index is 13.7. The molecule has 1 N–H and O–H groups in total. The maximum Gasteiger partial charge on any atom is 0.146 e. The summed E-state index contributed by atoms with van der Waals surface area (Å²) in [5.74, 6) is -0.155. The van der Waals surface area contributed by atoms with Gasteiger partial charge in [0.15, 0.2) is 0 Å². The van der Waals surface area contributed by atoms with Crippen molar-refractivity contribution in [1.82, 2.24) is 0 Å². The first kappa shape index (κ1) is 14.3. The molecule has 1 unspecified atom stereocenters. The number of methoxy groups -OCH3 is 1. The fourth-order valence-electron chi connectivity index (χ4n) is 2.05. The first-order valence-corrected chi connectivity index (χ1v) is 6.49.